The Hall–Kier alpha value is -1.86. The second kappa shape index (κ2) is 4.98. The van der Waals surface area contributed by atoms with Gasteiger partial charge in [0.2, 0.25) is 5.91 Å². The van der Waals surface area contributed by atoms with Crippen LogP contribution in [0.5, 0.6) is 0 Å². The normalized spacial score (nSPS) is 14.8. The second-order valence-electron chi connectivity index (χ2n) is 4.31. The molecule has 1 heterocycles. The van der Waals surface area contributed by atoms with Crippen molar-refractivity contribution < 1.29 is 4.79 Å². The van der Waals surface area contributed by atoms with Gasteiger partial charge in [0, 0.05) is 13.5 Å². The van der Waals surface area contributed by atoms with E-state index in [1.807, 2.05) is 6.07 Å². The zero-order valence-corrected chi connectivity index (χ0v) is 9.81. The first-order valence-electron chi connectivity index (χ1n) is 5.68. The Kier molecular flexibility index (Phi) is 3.40. The molecule has 0 radical (unpaired) electrons. The van der Waals surface area contributed by atoms with Crippen LogP contribution in [0, 0.1) is 17.2 Å². The maximum atomic E-state index is 12.0. The van der Waals surface area contributed by atoms with Crippen LogP contribution in [0.4, 0.5) is 5.69 Å². The van der Waals surface area contributed by atoms with Crippen molar-refractivity contribution in [1.82, 2.24) is 5.32 Å². The highest BCUT2D eigenvalue weighted by Gasteiger charge is 2.23. The van der Waals surface area contributed by atoms with Gasteiger partial charge < -0.3 is 10.2 Å². The van der Waals surface area contributed by atoms with Gasteiger partial charge in [-0.25, -0.2) is 0 Å². The molecule has 0 spiro atoms. The molecule has 1 saturated heterocycles. The smallest absolute Gasteiger partial charge is 0.227 e. The monoisotopic (exact) mass is 229 g/mol. The highest BCUT2D eigenvalue weighted by atomic mass is 16.2. The minimum absolute atomic E-state index is 0.0687. The van der Waals surface area contributed by atoms with Gasteiger partial charge in [0.25, 0.3) is 0 Å². The SMILES string of the molecule is CN(C(=O)CC1CNC1)c1ccccc1C#N. The Morgan fingerprint density at radius 2 is 2.24 bits per heavy atom. The van der Waals surface area contributed by atoms with Gasteiger partial charge in [0.15, 0.2) is 0 Å². The average molecular weight is 229 g/mol. The molecule has 0 aromatic heterocycles. The van der Waals surface area contributed by atoms with E-state index in [1.165, 1.54) is 0 Å². The maximum absolute atomic E-state index is 12.0. The Balaban J connectivity index is 2.10. The summed E-state index contributed by atoms with van der Waals surface area (Å²) in [7, 11) is 1.73. The number of para-hydroxylation sites is 1. The minimum atomic E-state index is 0.0687. The lowest BCUT2D eigenvalue weighted by atomic mass is 9.98. The predicted octanol–water partition coefficient (Wildman–Crippen LogP) is 1.13. The number of hydrogen-bond acceptors (Lipinski definition) is 3. The molecule has 88 valence electrons. The van der Waals surface area contributed by atoms with E-state index in [9.17, 15) is 4.79 Å². The number of nitrogens with zero attached hydrogens (tertiary/aromatic N) is 2. The maximum Gasteiger partial charge on any atom is 0.227 e. The number of anilines is 1. The fraction of sp³-hybridized carbons (Fsp3) is 0.385. The van der Waals surface area contributed by atoms with E-state index >= 15 is 0 Å². The molecule has 4 heteroatoms. The van der Waals surface area contributed by atoms with Crippen LogP contribution >= 0.6 is 0 Å². The Morgan fingerprint density at radius 1 is 1.53 bits per heavy atom. The van der Waals surface area contributed by atoms with Crippen LogP contribution in [0.1, 0.15) is 12.0 Å². The first kappa shape index (κ1) is 11.6. The molecule has 0 atom stereocenters. The van der Waals surface area contributed by atoms with Gasteiger partial charge in [0.1, 0.15) is 6.07 Å². The Morgan fingerprint density at radius 3 is 2.82 bits per heavy atom. The van der Waals surface area contributed by atoms with Gasteiger partial charge in [-0.2, -0.15) is 5.26 Å². The summed E-state index contributed by atoms with van der Waals surface area (Å²) in [6.07, 6.45) is 0.545. The van der Waals surface area contributed by atoms with Crippen LogP contribution in [0.3, 0.4) is 0 Å². The predicted molar refractivity (Wildman–Crippen MR) is 65.5 cm³/mol. The quantitative estimate of drug-likeness (QED) is 0.845. The van der Waals surface area contributed by atoms with Crippen LogP contribution in [-0.2, 0) is 4.79 Å². The van der Waals surface area contributed by atoms with Crippen molar-refractivity contribution in [2.24, 2.45) is 5.92 Å². The number of rotatable bonds is 3. The molecule has 2 rings (SSSR count). The fourth-order valence-corrected chi connectivity index (χ4v) is 1.87. The molecular formula is C13H15N3O. The van der Waals surface area contributed by atoms with Crippen molar-refractivity contribution >= 4 is 11.6 Å². The number of nitrogens with one attached hydrogen (secondary N) is 1. The summed E-state index contributed by atoms with van der Waals surface area (Å²) in [5.41, 5.74) is 1.22. The van der Waals surface area contributed by atoms with E-state index in [2.05, 4.69) is 11.4 Å². The molecule has 0 unspecified atom stereocenters. The van der Waals surface area contributed by atoms with Crippen LogP contribution in [0.25, 0.3) is 0 Å². The molecule has 1 amide bonds. The summed E-state index contributed by atoms with van der Waals surface area (Å²) in [6.45, 7) is 1.83. The van der Waals surface area contributed by atoms with E-state index in [0.717, 1.165) is 13.1 Å². The van der Waals surface area contributed by atoms with Gasteiger partial charge in [0.05, 0.1) is 11.3 Å². The molecular weight excluding hydrogens is 214 g/mol. The third kappa shape index (κ3) is 2.45. The third-order valence-corrected chi connectivity index (χ3v) is 3.09. The second-order valence-corrected chi connectivity index (χ2v) is 4.31. The first-order valence-corrected chi connectivity index (χ1v) is 5.68. The summed E-state index contributed by atoms with van der Waals surface area (Å²) in [5, 5.41) is 12.1. The van der Waals surface area contributed by atoms with E-state index in [1.54, 1.807) is 30.1 Å². The molecule has 1 aliphatic rings. The van der Waals surface area contributed by atoms with Gasteiger partial charge >= 0.3 is 0 Å². The minimum Gasteiger partial charge on any atom is -0.316 e. The van der Waals surface area contributed by atoms with Gasteiger partial charge in [-0.05, 0) is 31.1 Å². The number of carbonyl (C=O) groups is 1. The zero-order valence-electron chi connectivity index (χ0n) is 9.81. The molecule has 1 aliphatic heterocycles. The number of nitriles is 1. The summed E-state index contributed by atoms with van der Waals surface area (Å²) in [4.78, 5) is 13.6. The van der Waals surface area contributed by atoms with E-state index in [4.69, 9.17) is 5.26 Å². The number of benzene rings is 1. The Labute approximate surface area is 101 Å². The zero-order chi connectivity index (χ0) is 12.3. The molecule has 4 nitrogen and oxygen atoms in total. The number of hydrogen-bond donors (Lipinski definition) is 1. The highest BCUT2D eigenvalue weighted by molar-refractivity contribution is 5.94. The summed E-state index contributed by atoms with van der Waals surface area (Å²) in [6, 6.07) is 9.27. The average Bonchev–Trinajstić information content (AvgIpc) is 2.32. The third-order valence-electron chi connectivity index (χ3n) is 3.09. The molecule has 17 heavy (non-hydrogen) atoms. The van der Waals surface area contributed by atoms with Gasteiger partial charge in [-0.15, -0.1) is 0 Å². The number of amides is 1. The largest absolute Gasteiger partial charge is 0.316 e. The van der Waals surface area contributed by atoms with Crippen LogP contribution in [-0.4, -0.2) is 26.0 Å². The van der Waals surface area contributed by atoms with Crippen molar-refractivity contribution in [3.8, 4) is 6.07 Å². The highest BCUT2D eigenvalue weighted by Crippen LogP contribution is 2.20. The van der Waals surface area contributed by atoms with Crippen molar-refractivity contribution in [3.63, 3.8) is 0 Å². The summed E-state index contributed by atoms with van der Waals surface area (Å²) < 4.78 is 0. The molecule has 0 aliphatic carbocycles. The molecule has 1 N–H and O–H groups in total. The summed E-state index contributed by atoms with van der Waals surface area (Å²) >= 11 is 0. The molecule has 1 aromatic rings. The van der Waals surface area contributed by atoms with E-state index in [-0.39, 0.29) is 5.91 Å². The lowest BCUT2D eigenvalue weighted by Crippen LogP contribution is -2.44. The van der Waals surface area contributed by atoms with E-state index < -0.39 is 0 Å². The fourth-order valence-electron chi connectivity index (χ4n) is 1.87. The molecule has 1 aromatic carbocycles. The molecule has 0 saturated carbocycles. The molecule has 1 fully saturated rings. The topological polar surface area (TPSA) is 56.1 Å². The Bertz CT molecular complexity index is 460. The molecule has 0 bridgehead atoms. The lowest BCUT2D eigenvalue weighted by Gasteiger charge is -2.28. The first-order chi connectivity index (χ1) is 8.22. The lowest BCUT2D eigenvalue weighted by molar-refractivity contribution is -0.119. The van der Waals surface area contributed by atoms with Crippen LogP contribution in [0.15, 0.2) is 24.3 Å². The standard InChI is InChI=1S/C13H15N3O/c1-16(13(17)6-10-8-15-9-10)12-5-3-2-4-11(12)7-14/h2-5,10,15H,6,8-9H2,1H3. The van der Waals surface area contributed by atoms with Gasteiger partial charge in [-0.3, -0.25) is 4.79 Å². The van der Waals surface area contributed by atoms with Crippen molar-refractivity contribution in [3.05, 3.63) is 29.8 Å². The van der Waals surface area contributed by atoms with Crippen molar-refractivity contribution in [2.75, 3.05) is 25.0 Å². The van der Waals surface area contributed by atoms with Crippen molar-refractivity contribution in [2.45, 2.75) is 6.42 Å². The summed E-state index contributed by atoms with van der Waals surface area (Å²) in [5.74, 6) is 0.512. The number of carbonyl (C=O) groups excluding carboxylic acids is 1. The van der Waals surface area contributed by atoms with Gasteiger partial charge in [-0.1, -0.05) is 12.1 Å². The van der Waals surface area contributed by atoms with Crippen LogP contribution in [0.2, 0.25) is 0 Å². The van der Waals surface area contributed by atoms with E-state index in [0.29, 0.717) is 23.6 Å². The van der Waals surface area contributed by atoms with Crippen LogP contribution < -0.4 is 10.2 Å². The van der Waals surface area contributed by atoms with Crippen molar-refractivity contribution in [1.29, 1.82) is 5.26 Å².